The Morgan fingerprint density at radius 2 is 1.27 bits per heavy atom. The SMILES string of the molecule is CS(=O)(=O)OCC1OC1COS(C)(=O)=O. The molecule has 0 N–H and O–H groups in total. The summed E-state index contributed by atoms with van der Waals surface area (Å²) in [4.78, 5) is 0. The maximum atomic E-state index is 10.6. The van der Waals surface area contributed by atoms with Crippen molar-refractivity contribution >= 4 is 20.2 Å². The fourth-order valence-electron chi connectivity index (χ4n) is 0.854. The van der Waals surface area contributed by atoms with E-state index >= 15 is 0 Å². The molecule has 7 nitrogen and oxygen atoms in total. The summed E-state index contributed by atoms with van der Waals surface area (Å²) in [6.45, 7) is -0.229. The molecule has 0 aliphatic carbocycles. The molecule has 9 heteroatoms. The summed E-state index contributed by atoms with van der Waals surface area (Å²) in [7, 11) is -6.97. The van der Waals surface area contributed by atoms with Gasteiger partial charge in [0, 0.05) is 0 Å². The molecule has 15 heavy (non-hydrogen) atoms. The van der Waals surface area contributed by atoms with Crippen molar-refractivity contribution in [3.05, 3.63) is 0 Å². The lowest BCUT2D eigenvalue weighted by atomic mass is 10.3. The summed E-state index contributed by atoms with van der Waals surface area (Å²) < 4.78 is 56.2. The Morgan fingerprint density at radius 1 is 0.933 bits per heavy atom. The van der Waals surface area contributed by atoms with Crippen LogP contribution in [0, 0.1) is 0 Å². The van der Waals surface area contributed by atoms with Gasteiger partial charge in [0.2, 0.25) is 0 Å². The highest BCUT2D eigenvalue weighted by molar-refractivity contribution is 7.86. The first-order valence-electron chi connectivity index (χ1n) is 4.02. The van der Waals surface area contributed by atoms with E-state index in [0.717, 1.165) is 12.5 Å². The summed E-state index contributed by atoms with van der Waals surface area (Å²) in [5.41, 5.74) is 0. The molecule has 1 heterocycles. The topological polar surface area (TPSA) is 99.3 Å². The molecule has 1 rings (SSSR count). The Kier molecular flexibility index (Phi) is 3.71. The summed E-state index contributed by atoms with van der Waals surface area (Å²) in [6, 6.07) is 0. The second-order valence-corrected chi connectivity index (χ2v) is 6.48. The van der Waals surface area contributed by atoms with Gasteiger partial charge in [0.1, 0.15) is 12.2 Å². The monoisotopic (exact) mass is 260 g/mol. The number of epoxide rings is 1. The molecule has 0 radical (unpaired) electrons. The second kappa shape index (κ2) is 4.34. The van der Waals surface area contributed by atoms with Crippen LogP contribution in [-0.4, -0.2) is 54.8 Å². The molecule has 1 fully saturated rings. The first-order valence-corrected chi connectivity index (χ1v) is 7.65. The molecule has 0 spiro atoms. The Bertz CT molecular complexity index is 369. The molecule has 90 valence electrons. The highest BCUT2D eigenvalue weighted by Gasteiger charge is 2.40. The maximum Gasteiger partial charge on any atom is 0.264 e. The van der Waals surface area contributed by atoms with Gasteiger partial charge in [-0.2, -0.15) is 16.8 Å². The molecule has 0 aromatic rings. The third-order valence-corrected chi connectivity index (χ3v) is 2.71. The van der Waals surface area contributed by atoms with Crippen molar-refractivity contribution in [3.8, 4) is 0 Å². The molecule has 1 saturated heterocycles. The van der Waals surface area contributed by atoms with Crippen LogP contribution in [0.1, 0.15) is 0 Å². The number of ether oxygens (including phenoxy) is 1. The average molecular weight is 260 g/mol. The number of hydrogen-bond acceptors (Lipinski definition) is 7. The van der Waals surface area contributed by atoms with Gasteiger partial charge in [0.25, 0.3) is 20.2 Å². The Labute approximate surface area is 88.6 Å². The van der Waals surface area contributed by atoms with Crippen LogP contribution in [0.15, 0.2) is 0 Å². The zero-order valence-electron chi connectivity index (χ0n) is 8.24. The molecular weight excluding hydrogens is 248 g/mol. The Balaban J connectivity index is 2.19. The first kappa shape index (κ1) is 12.8. The fraction of sp³-hybridized carbons (Fsp3) is 1.00. The first-order chi connectivity index (χ1) is 6.67. The predicted molar refractivity (Wildman–Crippen MR) is 50.3 cm³/mol. The van der Waals surface area contributed by atoms with Gasteiger partial charge in [0.05, 0.1) is 25.7 Å². The van der Waals surface area contributed by atoms with Crippen LogP contribution in [0.3, 0.4) is 0 Å². The third kappa shape index (κ3) is 6.05. The molecule has 0 saturated carbocycles. The fourth-order valence-corrected chi connectivity index (χ4v) is 1.62. The minimum atomic E-state index is -3.49. The molecule has 2 unspecified atom stereocenters. The number of rotatable bonds is 6. The van der Waals surface area contributed by atoms with Crippen LogP contribution in [0.2, 0.25) is 0 Å². The van der Waals surface area contributed by atoms with E-state index in [1.807, 2.05) is 0 Å². The van der Waals surface area contributed by atoms with Crippen molar-refractivity contribution in [2.75, 3.05) is 25.7 Å². The zero-order chi connectivity index (χ0) is 11.7. The minimum absolute atomic E-state index is 0.114. The summed E-state index contributed by atoms with van der Waals surface area (Å²) in [5.74, 6) is 0. The van der Waals surface area contributed by atoms with E-state index in [0.29, 0.717) is 0 Å². The van der Waals surface area contributed by atoms with Crippen LogP contribution in [0.5, 0.6) is 0 Å². The van der Waals surface area contributed by atoms with Crippen molar-refractivity contribution in [2.45, 2.75) is 12.2 Å². The zero-order valence-corrected chi connectivity index (χ0v) is 9.88. The molecule has 0 aromatic heterocycles. The Hall–Kier alpha value is -0.220. The molecule has 0 bridgehead atoms. The quantitative estimate of drug-likeness (QED) is 0.432. The van der Waals surface area contributed by atoms with E-state index in [9.17, 15) is 16.8 Å². The van der Waals surface area contributed by atoms with Gasteiger partial charge in [0.15, 0.2) is 0 Å². The van der Waals surface area contributed by atoms with Crippen LogP contribution in [0.25, 0.3) is 0 Å². The lowest BCUT2D eigenvalue weighted by molar-refractivity contribution is 0.249. The van der Waals surface area contributed by atoms with Crippen LogP contribution < -0.4 is 0 Å². The standard InChI is InChI=1S/C6H12O7S2/c1-14(7,8)11-3-5-6(13-5)4-12-15(2,9)10/h5-6H,3-4H2,1-2H3. The van der Waals surface area contributed by atoms with E-state index in [1.54, 1.807) is 0 Å². The molecule has 1 aliphatic rings. The van der Waals surface area contributed by atoms with Crippen molar-refractivity contribution in [1.82, 2.24) is 0 Å². The van der Waals surface area contributed by atoms with Crippen LogP contribution >= 0.6 is 0 Å². The van der Waals surface area contributed by atoms with E-state index in [4.69, 9.17) is 4.74 Å². The van der Waals surface area contributed by atoms with Gasteiger partial charge in [-0.25, -0.2) is 0 Å². The average Bonchev–Trinajstić information content (AvgIpc) is 2.73. The molecule has 2 atom stereocenters. The van der Waals surface area contributed by atoms with E-state index in [-0.39, 0.29) is 13.2 Å². The molecule has 1 aliphatic heterocycles. The van der Waals surface area contributed by atoms with Gasteiger partial charge >= 0.3 is 0 Å². The minimum Gasteiger partial charge on any atom is -0.364 e. The van der Waals surface area contributed by atoms with E-state index in [1.165, 1.54) is 0 Å². The highest BCUT2D eigenvalue weighted by Crippen LogP contribution is 2.23. The second-order valence-electron chi connectivity index (χ2n) is 3.19. The lowest BCUT2D eigenvalue weighted by Gasteiger charge is -1.98. The van der Waals surface area contributed by atoms with Crippen LogP contribution in [0.4, 0.5) is 0 Å². The lowest BCUT2D eigenvalue weighted by Crippen LogP contribution is -2.14. The van der Waals surface area contributed by atoms with Crippen molar-refractivity contribution < 1.29 is 29.9 Å². The van der Waals surface area contributed by atoms with Crippen molar-refractivity contribution in [1.29, 1.82) is 0 Å². The van der Waals surface area contributed by atoms with E-state index < -0.39 is 32.4 Å². The maximum absolute atomic E-state index is 10.6. The van der Waals surface area contributed by atoms with Gasteiger partial charge in [-0.05, 0) is 0 Å². The summed E-state index contributed by atoms with van der Waals surface area (Å²) in [5, 5.41) is 0. The smallest absolute Gasteiger partial charge is 0.264 e. The van der Waals surface area contributed by atoms with Gasteiger partial charge in [-0.15, -0.1) is 0 Å². The molecule has 0 aromatic carbocycles. The van der Waals surface area contributed by atoms with Gasteiger partial charge < -0.3 is 4.74 Å². The van der Waals surface area contributed by atoms with E-state index in [2.05, 4.69) is 8.37 Å². The normalized spacial score (nSPS) is 26.5. The summed E-state index contributed by atoms with van der Waals surface area (Å²) >= 11 is 0. The van der Waals surface area contributed by atoms with Gasteiger partial charge in [-0.3, -0.25) is 8.37 Å². The summed E-state index contributed by atoms with van der Waals surface area (Å²) in [6.07, 6.45) is 1.03. The van der Waals surface area contributed by atoms with Crippen LogP contribution in [-0.2, 0) is 33.3 Å². The van der Waals surface area contributed by atoms with Crippen molar-refractivity contribution in [3.63, 3.8) is 0 Å². The molecular formula is C6H12O7S2. The predicted octanol–water partition coefficient (Wildman–Crippen LogP) is -1.29. The largest absolute Gasteiger partial charge is 0.364 e. The molecule has 0 amide bonds. The highest BCUT2D eigenvalue weighted by atomic mass is 32.2. The van der Waals surface area contributed by atoms with Gasteiger partial charge in [-0.1, -0.05) is 0 Å². The number of hydrogen-bond donors (Lipinski definition) is 0. The van der Waals surface area contributed by atoms with Crippen molar-refractivity contribution in [2.24, 2.45) is 0 Å². The Morgan fingerprint density at radius 3 is 1.53 bits per heavy atom. The third-order valence-electron chi connectivity index (χ3n) is 1.58.